The Labute approximate surface area is 171 Å². The quantitative estimate of drug-likeness (QED) is 0.488. The molecule has 3 aromatic carbocycles. The van der Waals surface area contributed by atoms with Gasteiger partial charge < -0.3 is 4.98 Å². The first kappa shape index (κ1) is 19.3. The van der Waals surface area contributed by atoms with Crippen LogP contribution in [0, 0.1) is 5.82 Å². The molecule has 8 heteroatoms. The molecule has 146 valence electrons. The van der Waals surface area contributed by atoms with Gasteiger partial charge in [-0.2, -0.15) is 0 Å². The molecule has 5 nitrogen and oxygen atoms in total. The summed E-state index contributed by atoms with van der Waals surface area (Å²) in [6.07, 6.45) is 3.25. The number of H-pyrrole nitrogens is 1. The lowest BCUT2D eigenvalue weighted by Gasteiger charge is -2.07. The molecular weight excluding hydrogens is 413 g/mol. The molecule has 0 spiro atoms. The van der Waals surface area contributed by atoms with Gasteiger partial charge in [0.05, 0.1) is 15.9 Å². The number of fused-ring (bicyclic) bond motifs is 1. The second-order valence-electron chi connectivity index (χ2n) is 6.39. The molecule has 0 fully saturated rings. The van der Waals surface area contributed by atoms with Crippen molar-refractivity contribution in [3.05, 3.63) is 82.9 Å². The van der Waals surface area contributed by atoms with Gasteiger partial charge in [0.1, 0.15) is 11.6 Å². The van der Waals surface area contributed by atoms with Crippen LogP contribution in [0.2, 0.25) is 5.02 Å². The number of nitrogens with two attached hydrogens (primary N) is 1. The Morgan fingerprint density at radius 3 is 2.59 bits per heavy atom. The third kappa shape index (κ3) is 4.07. The van der Waals surface area contributed by atoms with Crippen molar-refractivity contribution in [2.75, 3.05) is 0 Å². The molecule has 0 aliphatic carbocycles. The predicted octanol–water partition coefficient (Wildman–Crippen LogP) is 4.84. The zero-order valence-electron chi connectivity index (χ0n) is 14.9. The fourth-order valence-corrected chi connectivity index (χ4v) is 3.95. The molecule has 0 saturated carbocycles. The Kier molecular flexibility index (Phi) is 4.96. The van der Waals surface area contributed by atoms with Crippen LogP contribution >= 0.6 is 11.6 Å². The van der Waals surface area contributed by atoms with E-state index in [2.05, 4.69) is 9.97 Å². The number of nitrogens with zero attached hydrogens (tertiary/aromatic N) is 1. The molecule has 0 radical (unpaired) electrons. The highest BCUT2D eigenvalue weighted by atomic mass is 35.5. The van der Waals surface area contributed by atoms with Crippen molar-refractivity contribution in [3.63, 3.8) is 0 Å². The Morgan fingerprint density at radius 2 is 1.83 bits per heavy atom. The van der Waals surface area contributed by atoms with E-state index in [-0.39, 0.29) is 4.90 Å². The average molecular weight is 428 g/mol. The molecule has 0 atom stereocenters. The third-order valence-electron chi connectivity index (χ3n) is 4.39. The van der Waals surface area contributed by atoms with E-state index in [1.165, 1.54) is 12.1 Å². The van der Waals surface area contributed by atoms with Crippen molar-refractivity contribution in [3.8, 4) is 11.1 Å². The van der Waals surface area contributed by atoms with E-state index in [1.54, 1.807) is 60.7 Å². The van der Waals surface area contributed by atoms with Crippen LogP contribution in [0.3, 0.4) is 0 Å². The molecule has 0 amide bonds. The number of halogens is 2. The highest BCUT2D eigenvalue weighted by Gasteiger charge is 2.15. The van der Waals surface area contributed by atoms with Crippen LogP contribution in [-0.2, 0) is 10.0 Å². The minimum absolute atomic E-state index is 0.0530. The maximum absolute atomic E-state index is 13.9. The van der Waals surface area contributed by atoms with E-state index in [1.807, 2.05) is 0 Å². The molecule has 1 aromatic heterocycles. The first-order valence-electron chi connectivity index (χ1n) is 8.56. The molecule has 1 heterocycles. The van der Waals surface area contributed by atoms with Crippen molar-refractivity contribution in [1.29, 1.82) is 0 Å². The van der Waals surface area contributed by atoms with Crippen molar-refractivity contribution in [1.82, 2.24) is 9.97 Å². The molecule has 0 aliphatic rings. The van der Waals surface area contributed by atoms with Crippen LogP contribution in [0.1, 0.15) is 11.4 Å². The number of hydrogen-bond donors (Lipinski definition) is 2. The predicted molar refractivity (Wildman–Crippen MR) is 113 cm³/mol. The summed E-state index contributed by atoms with van der Waals surface area (Å²) < 4.78 is 37.7. The zero-order chi connectivity index (χ0) is 20.6. The van der Waals surface area contributed by atoms with Crippen LogP contribution in [0.5, 0.6) is 0 Å². The summed E-state index contributed by atoms with van der Waals surface area (Å²) in [7, 11) is -3.86. The average Bonchev–Trinajstić information content (AvgIpc) is 3.08. The third-order valence-corrected chi connectivity index (χ3v) is 5.59. The molecule has 0 aliphatic heterocycles. The van der Waals surface area contributed by atoms with Crippen LogP contribution in [0.15, 0.2) is 65.6 Å². The number of imidazole rings is 1. The lowest BCUT2D eigenvalue weighted by molar-refractivity contribution is 0.598. The largest absolute Gasteiger partial charge is 0.338 e. The van der Waals surface area contributed by atoms with Gasteiger partial charge in [0.25, 0.3) is 0 Å². The van der Waals surface area contributed by atoms with Crippen molar-refractivity contribution < 1.29 is 12.8 Å². The Balaban J connectivity index is 1.72. The molecule has 0 saturated heterocycles. The van der Waals surface area contributed by atoms with Crippen LogP contribution in [0.25, 0.3) is 34.3 Å². The van der Waals surface area contributed by atoms with E-state index in [0.717, 1.165) is 0 Å². The lowest BCUT2D eigenvalue weighted by Crippen LogP contribution is -2.13. The molecule has 3 N–H and O–H groups in total. The van der Waals surface area contributed by atoms with Gasteiger partial charge in [0.15, 0.2) is 0 Å². The maximum Gasteiger partial charge on any atom is 0.238 e. The van der Waals surface area contributed by atoms with Gasteiger partial charge in [-0.25, -0.2) is 22.9 Å². The summed E-state index contributed by atoms with van der Waals surface area (Å²) in [5.74, 6) is 0.109. The summed E-state index contributed by atoms with van der Waals surface area (Å²) in [5, 5.41) is 5.66. The number of primary sulfonamides is 1. The highest BCUT2D eigenvalue weighted by Crippen LogP contribution is 2.29. The maximum atomic E-state index is 13.9. The molecule has 0 bridgehead atoms. The summed E-state index contributed by atoms with van der Waals surface area (Å²) >= 11 is 5.76. The fraction of sp³-hybridized carbons (Fsp3) is 0. The van der Waals surface area contributed by atoms with Gasteiger partial charge in [-0.05, 0) is 48.0 Å². The van der Waals surface area contributed by atoms with E-state index >= 15 is 0 Å². The van der Waals surface area contributed by atoms with Crippen LogP contribution < -0.4 is 5.14 Å². The second-order valence-corrected chi connectivity index (χ2v) is 8.36. The summed E-state index contributed by atoms with van der Waals surface area (Å²) in [5.41, 5.74) is 2.98. The van der Waals surface area contributed by atoms with Gasteiger partial charge in [0.2, 0.25) is 10.0 Å². The molecule has 4 aromatic rings. The smallest absolute Gasteiger partial charge is 0.238 e. The number of hydrogen-bond acceptors (Lipinski definition) is 3. The van der Waals surface area contributed by atoms with Gasteiger partial charge in [-0.3, -0.25) is 0 Å². The minimum Gasteiger partial charge on any atom is -0.338 e. The summed E-state index contributed by atoms with van der Waals surface area (Å²) in [6, 6.07) is 16.3. The SMILES string of the molecule is NS(=O)(=O)c1ccccc1-c1ccc2nc(C=Cc3ccc(Cl)cc3F)[nH]c2c1. The number of sulfonamides is 1. The van der Waals surface area contributed by atoms with Gasteiger partial charge >= 0.3 is 0 Å². The number of nitrogens with one attached hydrogen (secondary N) is 1. The van der Waals surface area contributed by atoms with Crippen molar-refractivity contribution >= 4 is 44.8 Å². The fourth-order valence-electron chi connectivity index (χ4n) is 3.03. The normalized spacial score (nSPS) is 12.1. The standard InChI is InChI=1S/C21H15ClFN3O2S/c22-15-8-5-13(17(23)12-15)7-10-21-25-18-9-6-14(11-19(18)26-21)16-3-1-2-4-20(16)29(24,27)28/h1-12H,(H,25,26)(H2,24,27,28). The monoisotopic (exact) mass is 427 g/mol. The second kappa shape index (κ2) is 7.44. The minimum atomic E-state index is -3.86. The van der Waals surface area contributed by atoms with Gasteiger partial charge in [-0.1, -0.05) is 41.9 Å². The first-order chi connectivity index (χ1) is 13.8. The zero-order valence-corrected chi connectivity index (χ0v) is 16.5. The van der Waals surface area contributed by atoms with E-state index < -0.39 is 15.8 Å². The van der Waals surface area contributed by atoms with Gasteiger partial charge in [0, 0.05) is 16.1 Å². The van der Waals surface area contributed by atoms with Crippen LogP contribution in [0.4, 0.5) is 4.39 Å². The molecular formula is C21H15ClFN3O2S. The molecule has 4 rings (SSSR count). The summed E-state index contributed by atoms with van der Waals surface area (Å²) in [6.45, 7) is 0. The van der Waals surface area contributed by atoms with Crippen molar-refractivity contribution in [2.45, 2.75) is 4.90 Å². The van der Waals surface area contributed by atoms with E-state index in [9.17, 15) is 12.8 Å². The number of aromatic amines is 1. The van der Waals surface area contributed by atoms with Crippen LogP contribution in [-0.4, -0.2) is 18.4 Å². The Bertz CT molecular complexity index is 1360. The Morgan fingerprint density at radius 1 is 1.03 bits per heavy atom. The molecule has 0 unspecified atom stereocenters. The van der Waals surface area contributed by atoms with Gasteiger partial charge in [-0.15, -0.1) is 0 Å². The van der Waals surface area contributed by atoms with Crippen molar-refractivity contribution in [2.24, 2.45) is 5.14 Å². The van der Waals surface area contributed by atoms with E-state index in [0.29, 0.717) is 38.6 Å². The number of rotatable bonds is 4. The number of benzene rings is 3. The van der Waals surface area contributed by atoms with E-state index in [4.69, 9.17) is 16.7 Å². The highest BCUT2D eigenvalue weighted by molar-refractivity contribution is 7.89. The first-order valence-corrected chi connectivity index (χ1v) is 10.5. The summed E-state index contributed by atoms with van der Waals surface area (Å²) in [4.78, 5) is 7.64. The lowest BCUT2D eigenvalue weighted by atomic mass is 10.1. The topological polar surface area (TPSA) is 88.8 Å². The number of aromatic nitrogens is 2. The Hall–Kier alpha value is -3.00. The molecule has 29 heavy (non-hydrogen) atoms.